The molecule has 1 spiro atoms. The zero-order valence-electron chi connectivity index (χ0n) is 46.8. The molecule has 3 heterocycles. The van der Waals surface area contributed by atoms with Crippen LogP contribution in [0, 0.1) is 16.2 Å². The summed E-state index contributed by atoms with van der Waals surface area (Å²) in [6.07, 6.45) is 4.00. The van der Waals surface area contributed by atoms with Crippen molar-refractivity contribution in [3.63, 3.8) is 0 Å². The van der Waals surface area contributed by atoms with Gasteiger partial charge >= 0.3 is 26.0 Å². The number of phosphoric ester groups is 1. The van der Waals surface area contributed by atoms with Crippen LogP contribution >= 0.6 is 52.6 Å². The molecule has 0 saturated heterocycles. The summed E-state index contributed by atoms with van der Waals surface area (Å²) >= 11 is 13.2. The molecule has 11 rings (SSSR count). The molecule has 3 aliphatic carbocycles. The van der Waals surface area contributed by atoms with Gasteiger partial charge in [0.25, 0.3) is 11.8 Å². The first-order valence-electron chi connectivity index (χ1n) is 28.0. The molecule has 86 heavy (non-hydrogen) atoms. The third-order valence-electron chi connectivity index (χ3n) is 17.7. The molecule has 6 atom stereocenters. The Balaban J connectivity index is 0.685. The number of likely N-dealkylation sites (N-methyl/N-ethyl adjacent to an activating group) is 2. The van der Waals surface area contributed by atoms with Crippen molar-refractivity contribution in [3.8, 4) is 11.5 Å². The van der Waals surface area contributed by atoms with E-state index in [4.69, 9.17) is 37.2 Å². The van der Waals surface area contributed by atoms with Gasteiger partial charge in [0.1, 0.15) is 24.1 Å². The summed E-state index contributed by atoms with van der Waals surface area (Å²) in [7, 11) is 0.572. The standard InChI is InChI=1S/C60H61Cl2N6O15PS2/c1-64(56(76)81-30-35-12-5-10-17-47(35)86-85-31-42(53(72)73)63-48(69)18-4-3-11-21-66-49(70)19-20-50(66)71)22-23-65(2)57(77)82-45-24-43-51(40-15-8-6-13-38(40)45)36(26-61)28-67(43)54(74)58-32-59(34-60(58,59)33-58)55(75)68-29-37(27-62)52-41-16-9-7-14-39(41)46(25-44(52)68)83-84(78,79)80/h5-10,12-17,19-20,24-25,36-37,42H,3-4,11,18,21-23,26-34H2,1-2H3,(H,63,69)(H,72,73)(H2,78,79,80). The Morgan fingerprint density at radius 3 is 1.83 bits per heavy atom. The first-order chi connectivity index (χ1) is 41.1. The zero-order valence-corrected chi connectivity index (χ0v) is 50.8. The molecule has 0 radical (unpaired) electrons. The maximum atomic E-state index is 15.1. The molecule has 3 saturated carbocycles. The number of fused-ring (bicyclic) bond motifs is 6. The monoisotopic (exact) mass is 1270 g/mol. The van der Waals surface area contributed by atoms with E-state index in [0.717, 1.165) is 26.3 Å². The molecular weight excluding hydrogens is 1210 g/mol. The van der Waals surface area contributed by atoms with Gasteiger partial charge in [0.15, 0.2) is 0 Å². The molecule has 0 bridgehead atoms. The Labute approximate surface area is 512 Å². The molecule has 6 unspecified atom stereocenters. The Bertz CT molecular complexity index is 3720. The smallest absolute Gasteiger partial charge is 0.480 e. The minimum atomic E-state index is -4.97. The summed E-state index contributed by atoms with van der Waals surface area (Å²) in [4.78, 5) is 133. The molecule has 3 fully saturated rings. The number of hydrogen-bond acceptors (Lipinski definition) is 14. The Morgan fingerprint density at radius 1 is 0.733 bits per heavy atom. The van der Waals surface area contributed by atoms with Gasteiger partial charge in [0, 0.05) is 134 Å². The van der Waals surface area contributed by atoms with Crippen LogP contribution in [0.2, 0.25) is 0 Å². The van der Waals surface area contributed by atoms with Crippen LogP contribution in [0.3, 0.4) is 0 Å². The number of benzene rings is 5. The fraction of sp³-hybridized carbons (Fsp3) is 0.400. The SMILES string of the molecule is CN(CCN(C)C(=O)Oc1cc2c(c3ccccc13)C(CCl)CN2C(=O)C12CC3(C(=O)N4CC(CCl)c5c4cc(OP(=O)(O)O)c4ccccc54)CC13C2)C(=O)OCc1ccccc1SSCC(NC(=O)CCCCCN1C(=O)C=CC1=O)C(=O)O. The number of carbonyl (C=O) groups is 8. The third-order valence-corrected chi connectivity index (χ3v) is 21.3. The van der Waals surface area contributed by atoms with Crippen molar-refractivity contribution in [2.75, 3.05) is 74.1 Å². The number of unbranched alkanes of at least 4 members (excludes halogenated alkanes) is 2. The summed E-state index contributed by atoms with van der Waals surface area (Å²) in [5.41, 5.74) is 1.19. The van der Waals surface area contributed by atoms with Crippen molar-refractivity contribution in [2.45, 2.75) is 74.3 Å². The molecule has 5 aromatic carbocycles. The topological polar surface area (TPSA) is 270 Å². The van der Waals surface area contributed by atoms with Crippen LogP contribution in [-0.4, -0.2) is 148 Å². The summed E-state index contributed by atoms with van der Waals surface area (Å²) in [5, 5.41) is 15.0. The van der Waals surface area contributed by atoms with Gasteiger partial charge in [-0.2, -0.15) is 0 Å². The number of rotatable bonds is 24. The number of imide groups is 1. The van der Waals surface area contributed by atoms with Gasteiger partial charge in [-0.1, -0.05) is 94.7 Å². The number of halogens is 2. The predicted octanol–water partition coefficient (Wildman–Crippen LogP) is 9.17. The molecule has 452 valence electrons. The van der Waals surface area contributed by atoms with E-state index in [0.29, 0.717) is 71.6 Å². The Kier molecular flexibility index (Phi) is 17.0. The van der Waals surface area contributed by atoms with Crippen molar-refractivity contribution in [1.82, 2.24) is 20.0 Å². The second-order valence-electron chi connectivity index (χ2n) is 22.8. The first kappa shape index (κ1) is 60.8. The highest BCUT2D eigenvalue weighted by molar-refractivity contribution is 8.76. The van der Waals surface area contributed by atoms with Gasteiger partial charge in [-0.3, -0.25) is 38.7 Å². The molecule has 7 amide bonds. The quantitative estimate of drug-likeness (QED) is 0.0147. The number of ether oxygens (including phenoxy) is 2. The number of carbonyl (C=O) groups excluding carboxylic acids is 7. The van der Waals surface area contributed by atoms with E-state index < -0.39 is 54.2 Å². The van der Waals surface area contributed by atoms with E-state index >= 15 is 4.79 Å². The minimum absolute atomic E-state index is 0.0352. The summed E-state index contributed by atoms with van der Waals surface area (Å²) < 4.78 is 29.1. The van der Waals surface area contributed by atoms with Crippen LogP contribution < -0.4 is 24.4 Å². The second kappa shape index (κ2) is 24.0. The van der Waals surface area contributed by atoms with E-state index in [2.05, 4.69) is 5.32 Å². The van der Waals surface area contributed by atoms with Crippen LogP contribution in [0.5, 0.6) is 11.5 Å². The molecule has 4 N–H and O–H groups in total. The summed E-state index contributed by atoms with van der Waals surface area (Å²) in [5.74, 6) is -2.55. The van der Waals surface area contributed by atoms with Gasteiger partial charge in [0.2, 0.25) is 17.7 Å². The number of anilines is 2. The van der Waals surface area contributed by atoms with Crippen LogP contribution in [0.25, 0.3) is 21.5 Å². The van der Waals surface area contributed by atoms with Crippen molar-refractivity contribution in [2.24, 2.45) is 16.2 Å². The van der Waals surface area contributed by atoms with Gasteiger partial charge in [0.05, 0.1) is 22.2 Å². The highest BCUT2D eigenvalue weighted by atomic mass is 35.5. The lowest BCUT2D eigenvalue weighted by Gasteiger charge is -2.37. The highest BCUT2D eigenvalue weighted by Gasteiger charge is 3.01. The summed E-state index contributed by atoms with van der Waals surface area (Å²) in [6.45, 7) is 0.794. The number of alkyl halides is 2. The number of nitrogens with one attached hydrogen (secondary N) is 1. The van der Waals surface area contributed by atoms with E-state index in [1.54, 1.807) is 58.3 Å². The number of hydrogen-bond donors (Lipinski definition) is 4. The molecule has 0 aromatic heterocycles. The average Bonchev–Trinajstić information content (AvgIpc) is 1.40. The predicted molar refractivity (Wildman–Crippen MR) is 323 cm³/mol. The number of nitrogens with zero attached hydrogens (tertiary/aromatic N) is 5. The maximum Gasteiger partial charge on any atom is 0.524 e. The van der Waals surface area contributed by atoms with E-state index in [1.165, 1.54) is 63.7 Å². The lowest BCUT2D eigenvalue weighted by molar-refractivity contribution is -0.141. The van der Waals surface area contributed by atoms with Crippen molar-refractivity contribution < 1.29 is 71.8 Å². The largest absolute Gasteiger partial charge is 0.524 e. The second-order valence-corrected chi connectivity index (χ2v) is 26.9. The Morgan fingerprint density at radius 2 is 1.27 bits per heavy atom. The van der Waals surface area contributed by atoms with E-state index in [1.807, 2.05) is 30.3 Å². The zero-order chi connectivity index (χ0) is 61.0. The highest BCUT2D eigenvalue weighted by Crippen LogP contribution is 3.01. The Hall–Kier alpha value is -6.85. The normalized spacial score (nSPS) is 22.4. The van der Waals surface area contributed by atoms with Crippen LogP contribution in [0.15, 0.2) is 102 Å². The lowest BCUT2D eigenvalue weighted by atomic mass is 9.72. The van der Waals surface area contributed by atoms with Gasteiger partial charge in [-0.05, 0) is 60.1 Å². The molecule has 5 aromatic rings. The molecule has 6 aliphatic rings. The molecular formula is C60H61Cl2N6O15PS2. The first-order valence-corrected chi connectivity index (χ1v) is 32.9. The average molecular weight is 1270 g/mol. The van der Waals surface area contributed by atoms with Crippen LogP contribution in [-0.2, 0) is 44.7 Å². The number of phosphoric acid groups is 1. The van der Waals surface area contributed by atoms with Crippen LogP contribution in [0.1, 0.15) is 73.5 Å². The van der Waals surface area contributed by atoms with Crippen molar-refractivity contribution in [1.29, 1.82) is 0 Å². The number of carboxylic acids is 1. The van der Waals surface area contributed by atoms with Gasteiger partial charge in [-0.25, -0.2) is 18.9 Å². The third kappa shape index (κ3) is 11.2. The van der Waals surface area contributed by atoms with Gasteiger partial charge in [-0.15, -0.1) is 23.2 Å². The van der Waals surface area contributed by atoms with E-state index in [-0.39, 0.29) is 110 Å². The maximum absolute atomic E-state index is 15.1. The number of carboxylic acid groups (broad SMARTS) is 1. The minimum Gasteiger partial charge on any atom is -0.480 e. The molecule has 21 nitrogen and oxygen atoms in total. The van der Waals surface area contributed by atoms with E-state index in [9.17, 15) is 53.0 Å². The van der Waals surface area contributed by atoms with Crippen LogP contribution in [0.4, 0.5) is 21.0 Å². The number of amides is 7. The van der Waals surface area contributed by atoms with Crippen molar-refractivity contribution >= 4 is 133 Å². The van der Waals surface area contributed by atoms with Crippen molar-refractivity contribution in [3.05, 3.63) is 114 Å². The summed E-state index contributed by atoms with van der Waals surface area (Å²) in [6, 6.07) is 23.7. The van der Waals surface area contributed by atoms with Gasteiger partial charge < -0.3 is 44.0 Å². The fourth-order valence-electron chi connectivity index (χ4n) is 13.3. The lowest BCUT2D eigenvalue weighted by Crippen LogP contribution is -2.49. The number of aliphatic carboxylic acids is 1. The molecule has 26 heteroatoms. The fourth-order valence-corrected chi connectivity index (χ4v) is 16.6. The molecule has 3 aliphatic heterocycles.